The Morgan fingerprint density at radius 2 is 1.85 bits per heavy atom. The Morgan fingerprint density at radius 1 is 1.20 bits per heavy atom. The van der Waals surface area contributed by atoms with Crippen LogP contribution in [0.3, 0.4) is 0 Å². The van der Waals surface area contributed by atoms with Gasteiger partial charge in [-0.3, -0.25) is 4.90 Å². The van der Waals surface area contributed by atoms with Crippen molar-refractivity contribution >= 4 is 0 Å². The summed E-state index contributed by atoms with van der Waals surface area (Å²) in [6.45, 7) is 14.9. The molecule has 2 aliphatic rings. The number of rotatable bonds is 4. The first-order valence-electron chi connectivity index (χ1n) is 8.57. The Morgan fingerprint density at radius 3 is 2.45 bits per heavy atom. The van der Waals surface area contributed by atoms with Crippen LogP contribution < -0.4 is 5.32 Å². The van der Waals surface area contributed by atoms with Crippen LogP contribution in [0, 0.1) is 5.41 Å². The second-order valence-electron chi connectivity index (χ2n) is 7.59. The van der Waals surface area contributed by atoms with Crippen LogP contribution in [0.4, 0.5) is 0 Å². The van der Waals surface area contributed by atoms with Gasteiger partial charge in [0.05, 0.1) is 12.2 Å². The summed E-state index contributed by atoms with van der Waals surface area (Å²) >= 11 is 0. The third-order valence-corrected chi connectivity index (χ3v) is 5.08. The van der Waals surface area contributed by atoms with Gasteiger partial charge in [0.1, 0.15) is 0 Å². The molecule has 3 nitrogen and oxygen atoms in total. The minimum absolute atomic E-state index is 0.371. The smallest absolute Gasteiger partial charge is 0.0678 e. The third kappa shape index (κ3) is 3.75. The van der Waals surface area contributed by atoms with E-state index in [0.717, 1.165) is 19.6 Å². The van der Waals surface area contributed by atoms with Crippen molar-refractivity contribution in [1.29, 1.82) is 0 Å². The summed E-state index contributed by atoms with van der Waals surface area (Å²) in [5.74, 6) is 0. The molecule has 1 heterocycles. The molecule has 0 amide bonds. The molecule has 0 aromatic carbocycles. The number of nitrogens with zero attached hydrogens (tertiary/aromatic N) is 1. The van der Waals surface area contributed by atoms with E-state index in [1.54, 1.807) is 0 Å². The predicted molar refractivity (Wildman–Crippen MR) is 85.1 cm³/mol. The predicted octanol–water partition coefficient (Wildman–Crippen LogP) is 3.04. The average Bonchev–Trinajstić information content (AvgIpc) is 2.35. The van der Waals surface area contributed by atoms with Crippen molar-refractivity contribution in [3.8, 4) is 0 Å². The fourth-order valence-electron chi connectivity index (χ4n) is 4.20. The van der Waals surface area contributed by atoms with E-state index >= 15 is 0 Å². The lowest BCUT2D eigenvalue weighted by molar-refractivity contribution is -0.0958. The zero-order chi connectivity index (χ0) is 14.8. The topological polar surface area (TPSA) is 24.5 Å². The quantitative estimate of drug-likeness (QED) is 0.858. The lowest BCUT2D eigenvalue weighted by atomic mass is 9.70. The normalized spacial score (nSPS) is 38.9. The van der Waals surface area contributed by atoms with Gasteiger partial charge in [0.2, 0.25) is 0 Å². The highest BCUT2D eigenvalue weighted by Crippen LogP contribution is 2.38. The fourth-order valence-corrected chi connectivity index (χ4v) is 4.20. The van der Waals surface area contributed by atoms with Gasteiger partial charge in [0.15, 0.2) is 0 Å². The number of hydrogen-bond acceptors (Lipinski definition) is 3. The zero-order valence-electron chi connectivity index (χ0n) is 14.1. The monoisotopic (exact) mass is 282 g/mol. The van der Waals surface area contributed by atoms with Gasteiger partial charge >= 0.3 is 0 Å². The highest BCUT2D eigenvalue weighted by molar-refractivity contribution is 4.99. The molecule has 1 N–H and O–H groups in total. The third-order valence-electron chi connectivity index (χ3n) is 5.08. The number of nitrogens with one attached hydrogen (secondary N) is 1. The lowest BCUT2D eigenvalue weighted by Crippen LogP contribution is -2.62. The van der Waals surface area contributed by atoms with Crippen LogP contribution in [0.1, 0.15) is 60.3 Å². The van der Waals surface area contributed by atoms with Gasteiger partial charge in [-0.1, -0.05) is 27.2 Å². The van der Waals surface area contributed by atoms with Gasteiger partial charge in [-0.25, -0.2) is 0 Å². The summed E-state index contributed by atoms with van der Waals surface area (Å²) in [4.78, 5) is 2.70. The van der Waals surface area contributed by atoms with Crippen LogP contribution in [0.2, 0.25) is 0 Å². The van der Waals surface area contributed by atoms with Crippen molar-refractivity contribution in [2.75, 3.05) is 19.6 Å². The van der Waals surface area contributed by atoms with E-state index in [-0.39, 0.29) is 0 Å². The molecule has 20 heavy (non-hydrogen) atoms. The Bertz CT molecular complexity index is 295. The van der Waals surface area contributed by atoms with E-state index in [1.807, 2.05) is 0 Å². The fraction of sp³-hybridized carbons (Fsp3) is 1.00. The van der Waals surface area contributed by atoms with Crippen molar-refractivity contribution in [1.82, 2.24) is 10.2 Å². The largest absolute Gasteiger partial charge is 0.373 e. The standard InChI is InChI=1S/C17H34N2O/c1-6-10-18-16-15(8-7-9-17(16,4)5)19-11-13(2)20-14(3)12-19/h13-16,18H,6-12H2,1-5H3. The summed E-state index contributed by atoms with van der Waals surface area (Å²) in [6, 6.07) is 1.30. The SMILES string of the molecule is CCCNC1C(N2CC(C)OC(C)C2)CCCC1(C)C. The minimum Gasteiger partial charge on any atom is -0.373 e. The second kappa shape index (κ2) is 6.76. The van der Waals surface area contributed by atoms with Crippen LogP contribution >= 0.6 is 0 Å². The van der Waals surface area contributed by atoms with Crippen LogP contribution in [0.15, 0.2) is 0 Å². The summed E-state index contributed by atoms with van der Waals surface area (Å²) in [5.41, 5.74) is 0.406. The summed E-state index contributed by atoms with van der Waals surface area (Å²) in [5, 5.41) is 3.86. The highest BCUT2D eigenvalue weighted by Gasteiger charge is 2.42. The molecule has 0 spiro atoms. The molecule has 1 saturated carbocycles. The lowest BCUT2D eigenvalue weighted by Gasteiger charge is -2.51. The number of ether oxygens (including phenoxy) is 1. The maximum Gasteiger partial charge on any atom is 0.0678 e. The van der Waals surface area contributed by atoms with E-state index in [9.17, 15) is 0 Å². The van der Waals surface area contributed by atoms with E-state index in [2.05, 4.69) is 44.8 Å². The molecule has 0 aromatic heterocycles. The molecular formula is C17H34N2O. The maximum absolute atomic E-state index is 5.91. The first kappa shape index (κ1) is 16.3. The molecule has 0 aromatic rings. The molecule has 0 bridgehead atoms. The minimum atomic E-state index is 0.371. The molecular weight excluding hydrogens is 248 g/mol. The zero-order valence-corrected chi connectivity index (χ0v) is 14.1. The molecule has 1 aliphatic heterocycles. The first-order chi connectivity index (χ1) is 9.44. The van der Waals surface area contributed by atoms with Gasteiger partial charge in [-0.2, -0.15) is 0 Å². The van der Waals surface area contributed by atoms with E-state index in [1.165, 1.54) is 25.7 Å². The summed E-state index contributed by atoms with van der Waals surface area (Å²) < 4.78 is 5.91. The van der Waals surface area contributed by atoms with Gasteiger partial charge in [0.25, 0.3) is 0 Å². The molecule has 2 fully saturated rings. The molecule has 1 saturated heterocycles. The van der Waals surface area contributed by atoms with E-state index in [0.29, 0.717) is 29.7 Å². The van der Waals surface area contributed by atoms with Crippen molar-refractivity contribution in [3.05, 3.63) is 0 Å². The summed E-state index contributed by atoms with van der Waals surface area (Å²) in [7, 11) is 0. The Kier molecular flexibility index (Phi) is 5.49. The Labute approximate surface area is 125 Å². The van der Waals surface area contributed by atoms with Crippen LogP contribution in [-0.2, 0) is 4.74 Å². The van der Waals surface area contributed by atoms with Gasteiger partial charge in [-0.05, 0) is 45.1 Å². The molecule has 4 unspecified atom stereocenters. The first-order valence-corrected chi connectivity index (χ1v) is 8.57. The Balaban J connectivity index is 2.09. The van der Waals surface area contributed by atoms with Crippen LogP contribution in [0.25, 0.3) is 0 Å². The van der Waals surface area contributed by atoms with Crippen molar-refractivity contribution in [2.45, 2.75) is 84.6 Å². The van der Waals surface area contributed by atoms with Crippen LogP contribution in [-0.4, -0.2) is 48.8 Å². The van der Waals surface area contributed by atoms with Gasteiger partial charge in [0, 0.05) is 25.2 Å². The summed E-state index contributed by atoms with van der Waals surface area (Å²) in [6.07, 6.45) is 6.01. The van der Waals surface area contributed by atoms with Gasteiger partial charge < -0.3 is 10.1 Å². The van der Waals surface area contributed by atoms with Crippen molar-refractivity contribution in [2.24, 2.45) is 5.41 Å². The van der Waals surface area contributed by atoms with Crippen molar-refractivity contribution in [3.63, 3.8) is 0 Å². The molecule has 0 radical (unpaired) electrons. The molecule has 118 valence electrons. The highest BCUT2D eigenvalue weighted by atomic mass is 16.5. The molecule has 4 atom stereocenters. The number of morpholine rings is 1. The molecule has 2 rings (SSSR count). The second-order valence-corrected chi connectivity index (χ2v) is 7.59. The van der Waals surface area contributed by atoms with E-state index in [4.69, 9.17) is 4.74 Å². The number of hydrogen-bond donors (Lipinski definition) is 1. The maximum atomic E-state index is 5.91. The Hall–Kier alpha value is -0.120. The van der Waals surface area contributed by atoms with E-state index < -0.39 is 0 Å². The van der Waals surface area contributed by atoms with Crippen molar-refractivity contribution < 1.29 is 4.74 Å². The molecule has 3 heteroatoms. The molecule has 1 aliphatic carbocycles. The van der Waals surface area contributed by atoms with Gasteiger partial charge in [-0.15, -0.1) is 0 Å². The average molecular weight is 282 g/mol. The van der Waals surface area contributed by atoms with Crippen LogP contribution in [0.5, 0.6) is 0 Å².